The lowest BCUT2D eigenvalue weighted by Gasteiger charge is -1.93. The van der Waals surface area contributed by atoms with E-state index in [2.05, 4.69) is 10.2 Å². The molecule has 2 N–H and O–H groups in total. The fourth-order valence-corrected chi connectivity index (χ4v) is 1.24. The highest BCUT2D eigenvalue weighted by Crippen LogP contribution is 2.15. The van der Waals surface area contributed by atoms with Crippen LogP contribution in [0.2, 0.25) is 0 Å². The number of hydrogen-bond acceptors (Lipinski definition) is 3. The zero-order valence-corrected chi connectivity index (χ0v) is 6.41. The highest BCUT2D eigenvalue weighted by atomic mass is 32.3. The highest BCUT2D eigenvalue weighted by molar-refractivity contribution is 7.92. The molecule has 0 saturated carbocycles. The molecule has 1 aromatic rings. The summed E-state index contributed by atoms with van der Waals surface area (Å²) in [5.74, 6) is 4.55. The Morgan fingerprint density at radius 3 is 2.27 bits per heavy atom. The van der Waals surface area contributed by atoms with Gasteiger partial charge in [-0.25, -0.2) is 0 Å². The van der Waals surface area contributed by atoms with Gasteiger partial charge in [-0.05, 0) is 20.6 Å². The van der Waals surface area contributed by atoms with E-state index in [0.29, 0.717) is 0 Å². The van der Waals surface area contributed by atoms with Crippen molar-refractivity contribution >= 4 is 10.5 Å². The van der Waals surface area contributed by atoms with E-state index >= 15 is 0 Å². The van der Waals surface area contributed by atoms with Gasteiger partial charge in [-0.3, -0.25) is 0 Å². The van der Waals surface area contributed by atoms with Crippen LogP contribution in [0.5, 0.6) is 0 Å². The van der Waals surface area contributed by atoms with E-state index < -0.39 is 10.5 Å². The van der Waals surface area contributed by atoms with Gasteiger partial charge >= 0.3 is 10.5 Å². The van der Waals surface area contributed by atoms with Crippen molar-refractivity contribution in [2.75, 3.05) is 0 Å². The van der Waals surface area contributed by atoms with Crippen molar-refractivity contribution in [2.24, 2.45) is 5.90 Å². The third-order valence-electron chi connectivity index (χ3n) is 1.16. The Balaban J connectivity index is 3.03. The van der Waals surface area contributed by atoms with Crippen LogP contribution in [0, 0.1) is 0 Å². The first kappa shape index (κ1) is 8.35. The zero-order chi connectivity index (χ0) is 8.32. The molecule has 0 fully saturated rings. The Morgan fingerprint density at radius 2 is 1.82 bits per heavy atom. The third kappa shape index (κ3) is 1.84. The molecule has 0 aliphatic rings. The van der Waals surface area contributed by atoms with Crippen LogP contribution in [0.25, 0.3) is 0 Å². The molecule has 0 bridgehead atoms. The summed E-state index contributed by atoms with van der Waals surface area (Å²) in [7, 11) is -3.72. The maximum absolute atomic E-state index is 10.9. The lowest BCUT2D eigenvalue weighted by atomic mass is 10.4. The summed E-state index contributed by atoms with van der Waals surface area (Å²) in [6.45, 7) is 0. The lowest BCUT2D eigenvalue weighted by molar-refractivity contribution is 0.261. The standard InChI is InChI=1S/C6H7NO3S/c7-10-11(8,9)6-4-2-1-3-5-6/h1-5H,7H2/q+1. The topological polar surface area (TPSA) is 72.2 Å². The molecule has 0 saturated heterocycles. The normalized spacial score (nSPS) is 15.8. The van der Waals surface area contributed by atoms with Crippen LogP contribution in [0.15, 0.2) is 35.2 Å². The van der Waals surface area contributed by atoms with Gasteiger partial charge in [0.05, 0.1) is 4.55 Å². The van der Waals surface area contributed by atoms with E-state index in [9.17, 15) is 8.76 Å². The van der Waals surface area contributed by atoms with Crippen molar-refractivity contribution < 1.29 is 13.0 Å². The quantitative estimate of drug-likeness (QED) is 0.528. The van der Waals surface area contributed by atoms with Gasteiger partial charge in [0, 0.05) is 0 Å². The minimum Gasteiger partial charge on any atom is -0.160 e. The van der Waals surface area contributed by atoms with Gasteiger partial charge in [-0.1, -0.05) is 18.2 Å². The van der Waals surface area contributed by atoms with E-state index in [1.165, 1.54) is 12.1 Å². The monoisotopic (exact) mass is 173 g/mol. The fraction of sp³-hybridized carbons (Fsp3) is 0. The van der Waals surface area contributed by atoms with Crippen molar-refractivity contribution in [2.45, 2.75) is 4.90 Å². The Kier molecular flexibility index (Phi) is 2.35. The summed E-state index contributed by atoms with van der Waals surface area (Å²) in [6.07, 6.45) is 0. The van der Waals surface area contributed by atoms with Gasteiger partial charge in [0.15, 0.2) is 0 Å². The first-order chi connectivity index (χ1) is 5.17. The molecular weight excluding hydrogens is 166 g/mol. The molecule has 59 valence electrons. The molecule has 4 nitrogen and oxygen atoms in total. The molecule has 0 aromatic heterocycles. The largest absolute Gasteiger partial charge is 0.447 e. The van der Waals surface area contributed by atoms with Gasteiger partial charge in [0.1, 0.15) is 0 Å². The van der Waals surface area contributed by atoms with Crippen LogP contribution in [-0.4, -0.2) is 0 Å². The predicted octanol–water partition coefficient (Wildman–Crippen LogP) is 0.696. The summed E-state index contributed by atoms with van der Waals surface area (Å²) in [4.78, 5) is 0.0579. The molecule has 0 heterocycles. The maximum Gasteiger partial charge on any atom is 0.447 e. The summed E-state index contributed by atoms with van der Waals surface area (Å²) in [5, 5.41) is 0. The minimum atomic E-state index is -3.72. The first-order valence-corrected chi connectivity index (χ1v) is 4.26. The van der Waals surface area contributed by atoms with Crippen molar-refractivity contribution in [3.05, 3.63) is 30.3 Å². The Labute approximate surface area is 65.4 Å². The molecule has 0 amide bonds. The smallest absolute Gasteiger partial charge is 0.160 e. The van der Waals surface area contributed by atoms with Crippen LogP contribution in [0.3, 0.4) is 0 Å². The Hall–Kier alpha value is -0.750. The maximum atomic E-state index is 10.9. The summed E-state index contributed by atoms with van der Waals surface area (Å²) < 4.78 is 25.5. The number of hydrogen-bond donors (Lipinski definition) is 1. The molecule has 1 atom stereocenters. The van der Waals surface area contributed by atoms with E-state index in [1.54, 1.807) is 18.2 Å². The van der Waals surface area contributed by atoms with Crippen LogP contribution in [0.1, 0.15) is 0 Å². The van der Waals surface area contributed by atoms with Crippen LogP contribution >= 0.6 is 0 Å². The molecule has 1 radical (unpaired) electrons. The van der Waals surface area contributed by atoms with Crippen molar-refractivity contribution in [3.8, 4) is 0 Å². The predicted molar refractivity (Wildman–Crippen MR) is 38.7 cm³/mol. The average Bonchev–Trinajstić information content (AvgIpc) is 2.06. The van der Waals surface area contributed by atoms with Crippen molar-refractivity contribution in [1.82, 2.24) is 0 Å². The summed E-state index contributed by atoms with van der Waals surface area (Å²) in [5.41, 5.74) is 0. The molecule has 0 spiro atoms. The SMILES string of the molecule is NO[S+]([O])(=O)c1ccccc1. The Morgan fingerprint density at radius 1 is 1.27 bits per heavy atom. The van der Waals surface area contributed by atoms with E-state index in [1.807, 2.05) is 0 Å². The zero-order valence-electron chi connectivity index (χ0n) is 5.60. The number of nitrogens with two attached hydrogens (primary N) is 1. The molecule has 1 unspecified atom stereocenters. The van der Waals surface area contributed by atoms with Gasteiger partial charge < -0.3 is 0 Å². The molecule has 11 heavy (non-hydrogen) atoms. The summed E-state index contributed by atoms with van der Waals surface area (Å²) in [6, 6.07) is 7.69. The minimum absolute atomic E-state index is 0.0579. The van der Waals surface area contributed by atoms with Crippen LogP contribution in [0.4, 0.5) is 0 Å². The third-order valence-corrected chi connectivity index (χ3v) is 2.26. The molecule has 1 aromatic carbocycles. The van der Waals surface area contributed by atoms with E-state index in [0.717, 1.165) is 0 Å². The second-order valence-electron chi connectivity index (χ2n) is 1.86. The Bertz CT molecular complexity index is 274. The molecule has 5 heteroatoms. The first-order valence-electron chi connectivity index (χ1n) is 2.85. The van der Waals surface area contributed by atoms with Crippen molar-refractivity contribution in [3.63, 3.8) is 0 Å². The molecular formula is C6H7NO3S+. The lowest BCUT2D eigenvalue weighted by Crippen LogP contribution is -2.16. The number of rotatable bonds is 2. The van der Waals surface area contributed by atoms with Gasteiger partial charge in [-0.2, -0.15) is 5.90 Å². The highest BCUT2D eigenvalue weighted by Gasteiger charge is 2.33. The van der Waals surface area contributed by atoms with E-state index in [-0.39, 0.29) is 4.90 Å². The fourth-order valence-electron chi connectivity index (χ4n) is 0.643. The van der Waals surface area contributed by atoms with Gasteiger partial charge in [-0.15, -0.1) is 0 Å². The second-order valence-corrected chi connectivity index (χ2v) is 3.44. The van der Waals surface area contributed by atoms with E-state index in [4.69, 9.17) is 0 Å². The second kappa shape index (κ2) is 3.10. The molecule has 0 aliphatic heterocycles. The van der Waals surface area contributed by atoms with Crippen LogP contribution < -0.4 is 5.90 Å². The van der Waals surface area contributed by atoms with Gasteiger partial charge in [0.2, 0.25) is 4.90 Å². The molecule has 0 aliphatic carbocycles. The number of benzene rings is 1. The molecule has 1 rings (SSSR count). The average molecular weight is 173 g/mol. The van der Waals surface area contributed by atoms with Crippen LogP contribution in [-0.2, 0) is 23.5 Å². The summed E-state index contributed by atoms with van der Waals surface area (Å²) >= 11 is 0. The van der Waals surface area contributed by atoms with Crippen molar-refractivity contribution in [1.29, 1.82) is 0 Å². The van der Waals surface area contributed by atoms with Gasteiger partial charge in [0.25, 0.3) is 0 Å².